The van der Waals surface area contributed by atoms with Crippen molar-refractivity contribution in [3.8, 4) is 11.5 Å². The quantitative estimate of drug-likeness (QED) is 0.682. The molecule has 0 radical (unpaired) electrons. The lowest BCUT2D eigenvalue weighted by Gasteiger charge is -2.12. The van der Waals surface area contributed by atoms with E-state index in [-0.39, 0.29) is 24.4 Å². The van der Waals surface area contributed by atoms with Crippen molar-refractivity contribution in [1.82, 2.24) is 5.32 Å². The van der Waals surface area contributed by atoms with Gasteiger partial charge < -0.3 is 23.6 Å². The molecule has 1 amide bonds. The molecule has 0 fully saturated rings. The van der Waals surface area contributed by atoms with Gasteiger partial charge in [0.1, 0.15) is 22.8 Å². The van der Waals surface area contributed by atoms with Gasteiger partial charge >= 0.3 is 5.63 Å². The maximum absolute atomic E-state index is 12.4. The number of carbonyl (C=O) groups is 1. The van der Waals surface area contributed by atoms with E-state index < -0.39 is 5.63 Å². The van der Waals surface area contributed by atoms with E-state index in [0.29, 0.717) is 33.8 Å². The predicted molar refractivity (Wildman–Crippen MR) is 94.6 cm³/mol. The molecule has 136 valence electrons. The second kappa shape index (κ2) is 7.35. The Morgan fingerprint density at radius 2 is 2.04 bits per heavy atom. The average molecular weight is 357 g/mol. The van der Waals surface area contributed by atoms with Gasteiger partial charge in [-0.25, -0.2) is 4.79 Å². The number of hydrogen-bond donors (Lipinski definition) is 1. The minimum Gasteiger partial charge on any atom is -0.496 e. The summed E-state index contributed by atoms with van der Waals surface area (Å²) in [5.41, 5.74) is 0.726. The molecule has 3 aromatic rings. The highest BCUT2D eigenvalue weighted by molar-refractivity contribution is 5.90. The summed E-state index contributed by atoms with van der Waals surface area (Å²) in [6, 6.07) is 6.82. The molecule has 0 aliphatic heterocycles. The molecule has 0 bridgehead atoms. The fourth-order valence-corrected chi connectivity index (χ4v) is 2.79. The van der Waals surface area contributed by atoms with Crippen LogP contribution in [0.25, 0.3) is 11.0 Å². The van der Waals surface area contributed by atoms with Gasteiger partial charge in [-0.05, 0) is 24.6 Å². The number of fused-ring (bicyclic) bond motifs is 1. The lowest BCUT2D eigenvalue weighted by Crippen LogP contribution is -2.27. The zero-order valence-electron chi connectivity index (χ0n) is 14.8. The number of aryl methyl sites for hydroxylation is 1. The van der Waals surface area contributed by atoms with Crippen LogP contribution in [-0.2, 0) is 17.8 Å². The Hall–Kier alpha value is -3.22. The molecule has 0 aliphatic rings. The number of carbonyl (C=O) groups excluding carboxylic acids is 1. The first kappa shape index (κ1) is 17.6. The van der Waals surface area contributed by atoms with E-state index in [2.05, 4.69) is 5.32 Å². The molecule has 0 aliphatic carbocycles. The average Bonchev–Trinajstić information content (AvgIpc) is 3.15. The predicted octanol–water partition coefficient (Wildman–Crippen LogP) is 2.57. The Kier molecular flexibility index (Phi) is 4.97. The third kappa shape index (κ3) is 3.42. The van der Waals surface area contributed by atoms with E-state index >= 15 is 0 Å². The van der Waals surface area contributed by atoms with Crippen LogP contribution in [0.4, 0.5) is 0 Å². The monoisotopic (exact) mass is 357 g/mol. The molecule has 26 heavy (non-hydrogen) atoms. The van der Waals surface area contributed by atoms with Crippen molar-refractivity contribution in [2.45, 2.75) is 19.9 Å². The summed E-state index contributed by atoms with van der Waals surface area (Å²) in [6.45, 7) is 2.02. The Morgan fingerprint density at radius 3 is 2.69 bits per heavy atom. The van der Waals surface area contributed by atoms with Gasteiger partial charge in [-0.2, -0.15) is 0 Å². The van der Waals surface area contributed by atoms with Crippen molar-refractivity contribution < 1.29 is 23.1 Å². The molecule has 0 spiro atoms. The van der Waals surface area contributed by atoms with Crippen LogP contribution >= 0.6 is 0 Å². The Balaban J connectivity index is 1.93. The largest absolute Gasteiger partial charge is 0.496 e. The van der Waals surface area contributed by atoms with Crippen LogP contribution in [0.2, 0.25) is 0 Å². The second-order valence-corrected chi connectivity index (χ2v) is 5.73. The van der Waals surface area contributed by atoms with E-state index in [1.807, 2.05) is 0 Å². The van der Waals surface area contributed by atoms with E-state index in [0.717, 1.165) is 0 Å². The standard InChI is InChI=1S/C19H19NO6/c1-11-14(9-17(21)20-10-12-5-4-6-25-12)19(22)26-16-8-13(23-2)7-15(24-3)18(11)16/h4-8H,9-10H2,1-3H3,(H,20,21). The normalized spacial score (nSPS) is 10.7. The molecule has 7 nitrogen and oxygen atoms in total. The summed E-state index contributed by atoms with van der Waals surface area (Å²) in [5, 5.41) is 3.36. The molecule has 2 aromatic heterocycles. The molecule has 1 aromatic carbocycles. The molecule has 0 saturated carbocycles. The summed E-state index contributed by atoms with van der Waals surface area (Å²) in [6.07, 6.45) is 1.43. The lowest BCUT2D eigenvalue weighted by molar-refractivity contribution is -0.120. The van der Waals surface area contributed by atoms with Crippen molar-refractivity contribution in [3.05, 3.63) is 57.8 Å². The molecule has 0 saturated heterocycles. The fraction of sp³-hybridized carbons (Fsp3) is 0.263. The van der Waals surface area contributed by atoms with Crippen LogP contribution in [0.3, 0.4) is 0 Å². The topological polar surface area (TPSA) is 90.9 Å². The Labute approximate surface area is 149 Å². The van der Waals surface area contributed by atoms with Gasteiger partial charge in [-0.1, -0.05) is 0 Å². The van der Waals surface area contributed by atoms with Crippen LogP contribution < -0.4 is 20.4 Å². The van der Waals surface area contributed by atoms with Crippen LogP contribution in [0.5, 0.6) is 11.5 Å². The van der Waals surface area contributed by atoms with Gasteiger partial charge in [0.15, 0.2) is 0 Å². The zero-order valence-corrected chi connectivity index (χ0v) is 14.8. The van der Waals surface area contributed by atoms with Crippen LogP contribution in [0.1, 0.15) is 16.9 Å². The number of hydrogen-bond acceptors (Lipinski definition) is 6. The summed E-state index contributed by atoms with van der Waals surface area (Å²) in [7, 11) is 3.04. The van der Waals surface area contributed by atoms with Crippen LogP contribution in [-0.4, -0.2) is 20.1 Å². The van der Waals surface area contributed by atoms with E-state index in [1.54, 1.807) is 31.2 Å². The number of nitrogens with one attached hydrogen (secondary N) is 1. The fourth-order valence-electron chi connectivity index (χ4n) is 2.79. The third-order valence-corrected chi connectivity index (χ3v) is 4.15. The minimum atomic E-state index is -0.557. The first-order valence-electron chi connectivity index (χ1n) is 8.01. The highest BCUT2D eigenvalue weighted by Gasteiger charge is 2.18. The highest BCUT2D eigenvalue weighted by Crippen LogP contribution is 2.33. The number of benzene rings is 1. The summed E-state index contributed by atoms with van der Waals surface area (Å²) < 4.78 is 21.1. The molecule has 7 heteroatoms. The molecule has 0 atom stereocenters. The first-order valence-corrected chi connectivity index (χ1v) is 8.01. The van der Waals surface area contributed by atoms with Gasteiger partial charge in [0, 0.05) is 12.1 Å². The van der Waals surface area contributed by atoms with Gasteiger partial charge in [0.05, 0.1) is 44.4 Å². The summed E-state index contributed by atoms with van der Waals surface area (Å²) in [4.78, 5) is 24.6. The first-order chi connectivity index (χ1) is 12.5. The Morgan fingerprint density at radius 1 is 1.23 bits per heavy atom. The molecular formula is C19H19NO6. The van der Waals surface area contributed by atoms with Crippen LogP contribution in [0, 0.1) is 6.92 Å². The molecule has 0 unspecified atom stereocenters. The minimum absolute atomic E-state index is 0.0972. The smallest absolute Gasteiger partial charge is 0.340 e. The van der Waals surface area contributed by atoms with E-state index in [4.69, 9.17) is 18.3 Å². The summed E-state index contributed by atoms with van der Waals surface area (Å²) >= 11 is 0. The van der Waals surface area contributed by atoms with Crippen molar-refractivity contribution in [2.24, 2.45) is 0 Å². The number of amides is 1. The maximum atomic E-state index is 12.4. The number of furan rings is 1. The number of methoxy groups -OCH3 is 2. The van der Waals surface area contributed by atoms with E-state index in [1.165, 1.54) is 20.5 Å². The Bertz CT molecular complexity index is 987. The number of ether oxygens (including phenoxy) is 2. The van der Waals surface area contributed by atoms with Gasteiger partial charge in [-0.15, -0.1) is 0 Å². The molecule has 2 heterocycles. The maximum Gasteiger partial charge on any atom is 0.340 e. The molecule has 3 rings (SSSR count). The zero-order chi connectivity index (χ0) is 18.7. The van der Waals surface area contributed by atoms with Crippen LogP contribution in [0.15, 0.2) is 44.2 Å². The molecular weight excluding hydrogens is 338 g/mol. The SMILES string of the molecule is COc1cc(OC)c2c(C)c(CC(=O)NCc3ccco3)c(=O)oc2c1. The van der Waals surface area contributed by atoms with E-state index in [9.17, 15) is 9.59 Å². The number of rotatable bonds is 6. The van der Waals surface area contributed by atoms with Crippen molar-refractivity contribution in [3.63, 3.8) is 0 Å². The lowest BCUT2D eigenvalue weighted by atomic mass is 10.0. The van der Waals surface area contributed by atoms with Crippen molar-refractivity contribution >= 4 is 16.9 Å². The van der Waals surface area contributed by atoms with Crippen molar-refractivity contribution in [2.75, 3.05) is 14.2 Å². The van der Waals surface area contributed by atoms with Crippen molar-refractivity contribution in [1.29, 1.82) is 0 Å². The van der Waals surface area contributed by atoms with Gasteiger partial charge in [-0.3, -0.25) is 4.79 Å². The highest BCUT2D eigenvalue weighted by atomic mass is 16.5. The van der Waals surface area contributed by atoms with Gasteiger partial charge in [0.2, 0.25) is 5.91 Å². The molecule has 1 N–H and O–H groups in total. The third-order valence-electron chi connectivity index (χ3n) is 4.15. The van der Waals surface area contributed by atoms with Gasteiger partial charge in [0.25, 0.3) is 0 Å². The second-order valence-electron chi connectivity index (χ2n) is 5.73. The summed E-state index contributed by atoms with van der Waals surface area (Å²) in [5.74, 6) is 1.36.